The van der Waals surface area contributed by atoms with Gasteiger partial charge in [-0.1, -0.05) is 5.16 Å². The molecule has 0 spiro atoms. The predicted octanol–water partition coefficient (Wildman–Crippen LogP) is 3.67. The molecule has 31 heavy (non-hydrogen) atoms. The summed E-state index contributed by atoms with van der Waals surface area (Å²) in [5, 5.41) is 4.04. The van der Waals surface area contributed by atoms with Crippen LogP contribution in [-0.2, 0) is 17.8 Å². The third kappa shape index (κ3) is 5.75. The van der Waals surface area contributed by atoms with E-state index in [-0.39, 0.29) is 11.9 Å². The molecule has 3 aromatic rings. The van der Waals surface area contributed by atoms with Crippen LogP contribution in [0.3, 0.4) is 0 Å². The van der Waals surface area contributed by atoms with E-state index >= 15 is 0 Å². The number of nitrogens with zero attached hydrogens (tertiary/aromatic N) is 5. The Hall–Kier alpha value is -2.62. The van der Waals surface area contributed by atoms with Crippen molar-refractivity contribution in [1.82, 2.24) is 24.9 Å². The summed E-state index contributed by atoms with van der Waals surface area (Å²) in [7, 11) is 0. The molecule has 0 saturated carbocycles. The van der Waals surface area contributed by atoms with Crippen LogP contribution in [0.5, 0.6) is 0 Å². The molecule has 1 atom stereocenters. The smallest absolute Gasteiger partial charge is 0.240 e. The fourth-order valence-electron chi connectivity index (χ4n) is 3.68. The van der Waals surface area contributed by atoms with Crippen LogP contribution in [0.2, 0.25) is 0 Å². The molecular weight excluding hydrogens is 401 g/mol. The minimum atomic E-state index is -0.266. The van der Waals surface area contributed by atoms with E-state index in [2.05, 4.69) is 24.9 Å². The molecule has 9 heteroatoms. The summed E-state index contributed by atoms with van der Waals surface area (Å²) in [6.45, 7) is 9.47. The van der Waals surface area contributed by atoms with E-state index in [1.807, 2.05) is 13.8 Å². The van der Waals surface area contributed by atoms with Crippen LogP contribution in [0.25, 0.3) is 11.3 Å². The number of hydrogen-bond acceptors (Lipinski definition) is 8. The van der Waals surface area contributed by atoms with Gasteiger partial charge in [-0.25, -0.2) is 9.37 Å². The second-order valence-electron chi connectivity index (χ2n) is 7.67. The highest BCUT2D eigenvalue weighted by atomic mass is 19.1. The van der Waals surface area contributed by atoms with Crippen LogP contribution in [0.4, 0.5) is 4.39 Å². The Morgan fingerprint density at radius 3 is 2.48 bits per heavy atom. The molecule has 1 aliphatic rings. The molecule has 3 heterocycles. The molecule has 0 N–H and O–H groups in total. The second kappa shape index (κ2) is 10.1. The molecule has 1 unspecified atom stereocenters. The van der Waals surface area contributed by atoms with Crippen molar-refractivity contribution >= 4 is 0 Å². The number of hydrogen-bond donors (Lipinski definition) is 0. The highest BCUT2D eigenvalue weighted by Gasteiger charge is 2.20. The molecule has 0 bridgehead atoms. The van der Waals surface area contributed by atoms with Gasteiger partial charge in [0, 0.05) is 25.3 Å². The standard InChI is InChI=1S/C22H28FN5O3/c1-3-29-16(2)22-25-21(31-26-22)15-28-10-4-9-27(11-12-28)14-20-24-13-19(30-20)17-5-7-18(23)8-6-17/h5-8,13,16H,3-4,9-12,14-15H2,1-2H3. The van der Waals surface area contributed by atoms with E-state index in [1.54, 1.807) is 18.3 Å². The summed E-state index contributed by atoms with van der Waals surface area (Å²) in [5.41, 5.74) is 0.819. The lowest BCUT2D eigenvalue weighted by Crippen LogP contribution is -2.30. The second-order valence-corrected chi connectivity index (χ2v) is 7.67. The van der Waals surface area contributed by atoms with Crippen molar-refractivity contribution in [3.05, 3.63) is 53.9 Å². The van der Waals surface area contributed by atoms with Crippen LogP contribution < -0.4 is 0 Å². The maximum Gasteiger partial charge on any atom is 0.240 e. The highest BCUT2D eigenvalue weighted by molar-refractivity contribution is 5.55. The first-order valence-electron chi connectivity index (χ1n) is 10.7. The van der Waals surface area contributed by atoms with Gasteiger partial charge in [0.05, 0.1) is 19.3 Å². The summed E-state index contributed by atoms with van der Waals surface area (Å²) >= 11 is 0. The van der Waals surface area contributed by atoms with Crippen molar-refractivity contribution in [2.24, 2.45) is 0 Å². The Morgan fingerprint density at radius 2 is 1.77 bits per heavy atom. The van der Waals surface area contributed by atoms with Crippen molar-refractivity contribution in [3.8, 4) is 11.3 Å². The summed E-state index contributed by atoms with van der Waals surface area (Å²) in [5.74, 6) is 2.26. The molecule has 166 valence electrons. The van der Waals surface area contributed by atoms with E-state index in [0.717, 1.165) is 38.2 Å². The Morgan fingerprint density at radius 1 is 1.06 bits per heavy atom. The van der Waals surface area contributed by atoms with Crippen molar-refractivity contribution < 1.29 is 18.1 Å². The first-order valence-corrected chi connectivity index (χ1v) is 10.7. The summed E-state index contributed by atoms with van der Waals surface area (Å²) in [6.07, 6.45) is 2.56. The van der Waals surface area contributed by atoms with E-state index in [1.165, 1.54) is 12.1 Å². The fraction of sp³-hybridized carbons (Fsp3) is 0.500. The lowest BCUT2D eigenvalue weighted by Gasteiger charge is -2.19. The average molecular weight is 429 g/mol. The minimum Gasteiger partial charge on any atom is -0.439 e. The normalized spacial score (nSPS) is 17.0. The summed E-state index contributed by atoms with van der Waals surface area (Å²) in [6, 6.07) is 6.23. The zero-order valence-corrected chi connectivity index (χ0v) is 18.0. The average Bonchev–Trinajstić information content (AvgIpc) is 3.36. The quantitative estimate of drug-likeness (QED) is 0.537. The molecular formula is C22H28FN5O3. The lowest BCUT2D eigenvalue weighted by atomic mass is 10.2. The molecule has 1 saturated heterocycles. The number of halogens is 1. The van der Waals surface area contributed by atoms with E-state index < -0.39 is 0 Å². The molecule has 0 radical (unpaired) electrons. The van der Waals surface area contributed by atoms with Crippen LogP contribution in [-0.4, -0.2) is 57.7 Å². The topological polar surface area (TPSA) is 80.7 Å². The van der Waals surface area contributed by atoms with Gasteiger partial charge >= 0.3 is 0 Å². The maximum absolute atomic E-state index is 13.1. The molecule has 4 rings (SSSR count). The summed E-state index contributed by atoms with van der Waals surface area (Å²) < 4.78 is 29.9. The van der Waals surface area contributed by atoms with Crippen molar-refractivity contribution in [2.45, 2.75) is 39.5 Å². The first-order chi connectivity index (χ1) is 15.1. The SMILES string of the molecule is CCOC(C)c1noc(CN2CCCN(Cc3ncc(-c4ccc(F)cc4)o3)CC2)n1. The maximum atomic E-state index is 13.1. The molecule has 0 amide bonds. The third-order valence-corrected chi connectivity index (χ3v) is 5.35. The van der Waals surface area contributed by atoms with E-state index in [4.69, 9.17) is 13.7 Å². The van der Waals surface area contributed by atoms with Gasteiger partial charge in [-0.15, -0.1) is 0 Å². The largest absolute Gasteiger partial charge is 0.439 e. The van der Waals surface area contributed by atoms with Crippen molar-refractivity contribution in [3.63, 3.8) is 0 Å². The molecule has 2 aromatic heterocycles. The van der Waals surface area contributed by atoms with Gasteiger partial charge in [0.25, 0.3) is 0 Å². The highest BCUT2D eigenvalue weighted by Crippen LogP contribution is 2.22. The van der Waals surface area contributed by atoms with Gasteiger partial charge in [-0.3, -0.25) is 9.80 Å². The molecule has 1 fully saturated rings. The number of aromatic nitrogens is 3. The van der Waals surface area contributed by atoms with Crippen LogP contribution >= 0.6 is 0 Å². The zero-order chi connectivity index (χ0) is 21.6. The lowest BCUT2D eigenvalue weighted by molar-refractivity contribution is 0.0683. The number of oxazole rings is 1. The molecule has 0 aliphatic carbocycles. The monoisotopic (exact) mass is 429 g/mol. The summed E-state index contributed by atoms with van der Waals surface area (Å²) in [4.78, 5) is 13.5. The van der Waals surface area contributed by atoms with Crippen molar-refractivity contribution in [2.75, 3.05) is 32.8 Å². The fourth-order valence-corrected chi connectivity index (χ4v) is 3.68. The van der Waals surface area contributed by atoms with E-state index in [9.17, 15) is 4.39 Å². The zero-order valence-electron chi connectivity index (χ0n) is 18.0. The third-order valence-electron chi connectivity index (χ3n) is 5.35. The Labute approximate surface area is 181 Å². The number of ether oxygens (including phenoxy) is 1. The van der Waals surface area contributed by atoms with Gasteiger partial charge in [0.15, 0.2) is 11.6 Å². The molecule has 1 aromatic carbocycles. The molecule has 1 aliphatic heterocycles. The van der Waals surface area contributed by atoms with Gasteiger partial charge in [-0.2, -0.15) is 4.98 Å². The van der Waals surface area contributed by atoms with Crippen LogP contribution in [0.15, 0.2) is 39.4 Å². The Kier molecular flexibility index (Phi) is 7.06. The Balaban J connectivity index is 1.29. The van der Waals surface area contributed by atoms with Gasteiger partial charge < -0.3 is 13.7 Å². The predicted molar refractivity (Wildman–Crippen MR) is 111 cm³/mol. The molecule has 8 nitrogen and oxygen atoms in total. The van der Waals surface area contributed by atoms with Gasteiger partial charge in [0.2, 0.25) is 11.8 Å². The van der Waals surface area contributed by atoms with Gasteiger partial charge in [0.1, 0.15) is 11.9 Å². The van der Waals surface area contributed by atoms with Gasteiger partial charge in [-0.05, 0) is 57.6 Å². The number of rotatable bonds is 8. The van der Waals surface area contributed by atoms with E-state index in [0.29, 0.717) is 43.1 Å². The first kappa shape index (κ1) is 21.6. The van der Waals surface area contributed by atoms with Crippen LogP contribution in [0, 0.1) is 5.82 Å². The Bertz CT molecular complexity index is 958. The van der Waals surface area contributed by atoms with Crippen LogP contribution in [0.1, 0.15) is 44.0 Å². The van der Waals surface area contributed by atoms with Crippen molar-refractivity contribution in [1.29, 1.82) is 0 Å². The minimum absolute atomic E-state index is 0.164. The number of benzene rings is 1.